The Balaban J connectivity index is 1.51. The highest BCUT2D eigenvalue weighted by Gasteiger charge is 2.28. The molecule has 1 aromatic heterocycles. The molecular weight excluding hydrogens is 371 g/mol. The lowest BCUT2D eigenvalue weighted by molar-refractivity contribution is -0.0605. The molecule has 4 rings (SSSR count). The number of aryl methyl sites for hydroxylation is 1. The fraction of sp³-hybridized carbons (Fsp3) is 0.571. The van der Waals surface area contributed by atoms with Gasteiger partial charge < -0.3 is 19.5 Å². The van der Waals surface area contributed by atoms with Gasteiger partial charge in [-0.1, -0.05) is 12.1 Å². The number of aliphatic imine (C=N–C) groups is 1. The molecule has 2 aromatic rings. The molecule has 1 fully saturated rings. The topological polar surface area (TPSA) is 67.6 Å². The zero-order valence-corrected chi connectivity index (χ0v) is 17.1. The van der Waals surface area contributed by atoms with E-state index in [1.165, 1.54) is 25.0 Å². The smallest absolute Gasteiger partial charge is 0.194 e. The summed E-state index contributed by atoms with van der Waals surface area (Å²) in [6.07, 6.45) is 3.27. The Bertz CT molecular complexity index is 849. The molecule has 29 heavy (non-hydrogen) atoms. The van der Waals surface area contributed by atoms with Crippen molar-refractivity contribution >= 4 is 5.96 Å². The zero-order valence-electron chi connectivity index (χ0n) is 17.1. The van der Waals surface area contributed by atoms with Gasteiger partial charge in [-0.25, -0.2) is 9.38 Å². The molecule has 7 nitrogen and oxygen atoms in total. The fourth-order valence-corrected chi connectivity index (χ4v) is 4.04. The minimum absolute atomic E-state index is 0.0449. The lowest BCUT2D eigenvalue weighted by Gasteiger charge is -2.38. The molecule has 1 N–H and O–H groups in total. The molecule has 2 unspecified atom stereocenters. The van der Waals surface area contributed by atoms with Crippen molar-refractivity contribution in [3.8, 4) is 0 Å². The lowest BCUT2D eigenvalue weighted by atomic mass is 10.1. The van der Waals surface area contributed by atoms with Crippen LogP contribution in [0, 0.1) is 5.82 Å². The molecular formula is C21H29FN6O. The van der Waals surface area contributed by atoms with Crippen molar-refractivity contribution in [3.63, 3.8) is 0 Å². The Morgan fingerprint density at radius 3 is 2.86 bits per heavy atom. The number of aromatic nitrogens is 3. The average Bonchev–Trinajstić information content (AvgIpc) is 3.14. The molecule has 2 atom stereocenters. The predicted molar refractivity (Wildman–Crippen MR) is 109 cm³/mol. The van der Waals surface area contributed by atoms with Gasteiger partial charge in [0.15, 0.2) is 11.8 Å². The summed E-state index contributed by atoms with van der Waals surface area (Å²) in [6.45, 7) is 7.80. The second-order valence-corrected chi connectivity index (χ2v) is 7.70. The van der Waals surface area contributed by atoms with Gasteiger partial charge in [-0.05, 0) is 44.4 Å². The summed E-state index contributed by atoms with van der Waals surface area (Å²) < 4.78 is 21.6. The number of rotatable bonds is 4. The van der Waals surface area contributed by atoms with Gasteiger partial charge in [-0.15, -0.1) is 10.2 Å². The fourth-order valence-electron chi connectivity index (χ4n) is 4.04. The highest BCUT2D eigenvalue weighted by Crippen LogP contribution is 2.25. The number of hydrogen-bond acceptors (Lipinski definition) is 4. The number of guanidine groups is 1. The minimum atomic E-state index is -0.235. The van der Waals surface area contributed by atoms with E-state index in [0.29, 0.717) is 13.1 Å². The zero-order chi connectivity index (χ0) is 20.2. The Labute approximate surface area is 171 Å². The molecule has 8 heteroatoms. The summed E-state index contributed by atoms with van der Waals surface area (Å²) in [5.41, 5.74) is 0.977. The highest BCUT2D eigenvalue weighted by molar-refractivity contribution is 5.80. The molecule has 0 bridgehead atoms. The maximum absolute atomic E-state index is 13.3. The molecule has 0 saturated carbocycles. The van der Waals surface area contributed by atoms with E-state index in [9.17, 15) is 4.39 Å². The van der Waals surface area contributed by atoms with E-state index in [1.807, 2.05) is 0 Å². The summed E-state index contributed by atoms with van der Waals surface area (Å²) in [5, 5.41) is 12.1. The molecule has 1 aromatic carbocycles. The summed E-state index contributed by atoms with van der Waals surface area (Å²) in [4.78, 5) is 7.08. The number of nitrogens with zero attached hydrogens (tertiary/aromatic N) is 5. The van der Waals surface area contributed by atoms with Crippen LogP contribution in [-0.2, 0) is 24.2 Å². The van der Waals surface area contributed by atoms with Gasteiger partial charge in [0, 0.05) is 26.1 Å². The molecule has 2 aliphatic heterocycles. The molecule has 156 valence electrons. The Morgan fingerprint density at radius 2 is 2.07 bits per heavy atom. The summed E-state index contributed by atoms with van der Waals surface area (Å²) >= 11 is 0. The number of hydrogen-bond donors (Lipinski definition) is 1. The summed E-state index contributed by atoms with van der Waals surface area (Å²) in [6, 6.07) is 6.55. The maximum Gasteiger partial charge on any atom is 0.194 e. The van der Waals surface area contributed by atoms with Crippen molar-refractivity contribution in [2.75, 3.05) is 19.6 Å². The predicted octanol–water partition coefficient (Wildman–Crippen LogP) is 2.68. The van der Waals surface area contributed by atoms with Crippen LogP contribution in [0.2, 0.25) is 0 Å². The number of halogens is 1. The normalized spacial score (nSPS) is 22.4. The third-order valence-electron chi connectivity index (χ3n) is 5.44. The quantitative estimate of drug-likeness (QED) is 0.631. The first-order chi connectivity index (χ1) is 14.1. The largest absolute Gasteiger partial charge is 0.367 e. The number of nitrogens with one attached hydrogen (secondary N) is 1. The summed E-state index contributed by atoms with van der Waals surface area (Å²) in [7, 11) is 0. The number of ether oxygens (including phenoxy) is 1. The first-order valence-electron chi connectivity index (χ1n) is 10.5. The van der Waals surface area contributed by atoms with Crippen molar-refractivity contribution < 1.29 is 9.13 Å². The molecule has 2 aliphatic rings. The van der Waals surface area contributed by atoms with Gasteiger partial charge in [-0.3, -0.25) is 0 Å². The third kappa shape index (κ3) is 4.58. The van der Waals surface area contributed by atoms with Crippen LogP contribution < -0.4 is 5.32 Å². The van der Waals surface area contributed by atoms with E-state index in [1.54, 1.807) is 12.1 Å². The first-order valence-corrected chi connectivity index (χ1v) is 10.5. The SMILES string of the molecule is CCNC(=NCc1nnc2n1CCCC2)N1CC(C)OC(c2ccc(F)cc2)C1. The van der Waals surface area contributed by atoms with Crippen LogP contribution in [0.3, 0.4) is 0 Å². The van der Waals surface area contributed by atoms with E-state index in [2.05, 4.69) is 38.8 Å². The average molecular weight is 401 g/mol. The Kier molecular flexibility index (Phi) is 6.08. The van der Waals surface area contributed by atoms with Gasteiger partial charge >= 0.3 is 0 Å². The second kappa shape index (κ2) is 8.90. The molecule has 0 spiro atoms. The van der Waals surface area contributed by atoms with E-state index in [0.717, 1.165) is 49.2 Å². The number of morpholine rings is 1. The highest BCUT2D eigenvalue weighted by atomic mass is 19.1. The van der Waals surface area contributed by atoms with Crippen molar-refractivity contribution in [3.05, 3.63) is 47.3 Å². The van der Waals surface area contributed by atoms with Crippen LogP contribution >= 0.6 is 0 Å². The molecule has 1 saturated heterocycles. The molecule has 0 radical (unpaired) electrons. The Morgan fingerprint density at radius 1 is 1.24 bits per heavy atom. The maximum atomic E-state index is 13.3. The van der Waals surface area contributed by atoms with E-state index < -0.39 is 0 Å². The summed E-state index contributed by atoms with van der Waals surface area (Å²) in [5.74, 6) is 2.61. The van der Waals surface area contributed by atoms with Crippen LogP contribution in [0.25, 0.3) is 0 Å². The van der Waals surface area contributed by atoms with Crippen molar-refractivity contribution in [1.29, 1.82) is 0 Å². The van der Waals surface area contributed by atoms with Crippen molar-refractivity contribution in [2.24, 2.45) is 4.99 Å². The van der Waals surface area contributed by atoms with Crippen LogP contribution in [0.15, 0.2) is 29.3 Å². The third-order valence-corrected chi connectivity index (χ3v) is 5.44. The Hall–Kier alpha value is -2.48. The number of benzene rings is 1. The van der Waals surface area contributed by atoms with Gasteiger partial charge in [0.05, 0.1) is 12.6 Å². The molecule has 3 heterocycles. The van der Waals surface area contributed by atoms with Crippen LogP contribution in [0.4, 0.5) is 4.39 Å². The first kappa shape index (κ1) is 19.8. The standard InChI is InChI=1S/C21H29FN6O/c1-3-23-21(24-12-20-26-25-19-6-4-5-11-28(19)20)27-13-15(2)29-18(14-27)16-7-9-17(22)10-8-16/h7-10,15,18H,3-6,11-14H2,1-2H3,(H,23,24). The second-order valence-electron chi connectivity index (χ2n) is 7.70. The van der Waals surface area contributed by atoms with Crippen molar-refractivity contribution in [1.82, 2.24) is 25.0 Å². The molecule has 0 aliphatic carbocycles. The lowest BCUT2D eigenvalue weighted by Crippen LogP contribution is -2.50. The van der Waals surface area contributed by atoms with E-state index >= 15 is 0 Å². The number of fused-ring (bicyclic) bond motifs is 1. The van der Waals surface area contributed by atoms with Crippen molar-refractivity contribution in [2.45, 2.75) is 58.4 Å². The van der Waals surface area contributed by atoms with Gasteiger partial charge in [0.1, 0.15) is 24.3 Å². The van der Waals surface area contributed by atoms with Gasteiger partial charge in [0.25, 0.3) is 0 Å². The van der Waals surface area contributed by atoms with E-state index in [-0.39, 0.29) is 18.0 Å². The van der Waals surface area contributed by atoms with Gasteiger partial charge in [-0.2, -0.15) is 0 Å². The van der Waals surface area contributed by atoms with Gasteiger partial charge in [0.2, 0.25) is 0 Å². The monoisotopic (exact) mass is 400 g/mol. The van der Waals surface area contributed by atoms with Crippen LogP contribution in [-0.4, -0.2) is 51.4 Å². The van der Waals surface area contributed by atoms with E-state index in [4.69, 9.17) is 9.73 Å². The minimum Gasteiger partial charge on any atom is -0.367 e. The molecule has 0 amide bonds. The van der Waals surface area contributed by atoms with Crippen LogP contribution in [0.5, 0.6) is 0 Å². The van der Waals surface area contributed by atoms with Crippen LogP contribution in [0.1, 0.15) is 50.0 Å².